The van der Waals surface area contributed by atoms with Crippen molar-refractivity contribution in [2.24, 2.45) is 0 Å². The molecule has 0 saturated carbocycles. The van der Waals surface area contributed by atoms with Gasteiger partial charge in [-0.1, -0.05) is 15.9 Å². The fourth-order valence-electron chi connectivity index (χ4n) is 1.74. The first kappa shape index (κ1) is 12.1. The zero-order valence-corrected chi connectivity index (χ0v) is 11.4. The molecule has 3 heteroatoms. The van der Waals surface area contributed by atoms with E-state index in [1.807, 2.05) is 24.5 Å². The van der Waals surface area contributed by atoms with E-state index in [1.54, 1.807) is 0 Å². The Labute approximate surface area is 110 Å². The first-order valence-corrected chi connectivity index (χ1v) is 6.43. The van der Waals surface area contributed by atoms with Gasteiger partial charge in [-0.05, 0) is 54.8 Å². The molecule has 1 aromatic heterocycles. The van der Waals surface area contributed by atoms with Crippen LogP contribution in [0.3, 0.4) is 0 Å². The summed E-state index contributed by atoms with van der Waals surface area (Å²) in [6.45, 7) is 3.03. The maximum absolute atomic E-state index is 4.01. The quantitative estimate of drug-likeness (QED) is 0.926. The lowest BCUT2D eigenvalue weighted by molar-refractivity contribution is 1.01. The highest BCUT2D eigenvalue weighted by Crippen LogP contribution is 2.18. The maximum atomic E-state index is 4.01. The van der Waals surface area contributed by atoms with E-state index in [4.69, 9.17) is 0 Å². The van der Waals surface area contributed by atoms with Gasteiger partial charge in [-0.2, -0.15) is 0 Å². The Morgan fingerprint density at radius 3 is 2.65 bits per heavy atom. The van der Waals surface area contributed by atoms with Crippen LogP contribution in [0.4, 0.5) is 5.69 Å². The van der Waals surface area contributed by atoms with Gasteiger partial charge in [0.25, 0.3) is 0 Å². The van der Waals surface area contributed by atoms with Crippen LogP contribution in [0.25, 0.3) is 0 Å². The second kappa shape index (κ2) is 5.82. The molecule has 0 unspecified atom stereocenters. The van der Waals surface area contributed by atoms with Crippen molar-refractivity contribution in [3.63, 3.8) is 0 Å². The SMILES string of the molecule is Cc1cc(Br)cc(NCCc2ccncc2)c1. The minimum atomic E-state index is 0.930. The average Bonchev–Trinajstić information content (AvgIpc) is 2.29. The first-order valence-electron chi connectivity index (χ1n) is 5.64. The third kappa shape index (κ3) is 3.86. The number of anilines is 1. The Morgan fingerprint density at radius 1 is 1.18 bits per heavy atom. The number of aryl methyl sites for hydroxylation is 1. The Balaban J connectivity index is 1.90. The summed E-state index contributed by atoms with van der Waals surface area (Å²) in [7, 11) is 0. The molecule has 88 valence electrons. The van der Waals surface area contributed by atoms with Gasteiger partial charge in [0.05, 0.1) is 0 Å². The molecule has 0 aliphatic rings. The minimum Gasteiger partial charge on any atom is -0.385 e. The maximum Gasteiger partial charge on any atom is 0.0354 e. The monoisotopic (exact) mass is 290 g/mol. The second-order valence-electron chi connectivity index (χ2n) is 4.05. The number of benzene rings is 1. The lowest BCUT2D eigenvalue weighted by Gasteiger charge is -2.08. The summed E-state index contributed by atoms with van der Waals surface area (Å²) < 4.78 is 1.11. The van der Waals surface area contributed by atoms with Crippen LogP contribution in [0.15, 0.2) is 47.2 Å². The van der Waals surface area contributed by atoms with Crippen LogP contribution in [-0.2, 0) is 6.42 Å². The van der Waals surface area contributed by atoms with Crippen molar-refractivity contribution < 1.29 is 0 Å². The van der Waals surface area contributed by atoms with E-state index >= 15 is 0 Å². The van der Waals surface area contributed by atoms with Crippen molar-refractivity contribution in [2.45, 2.75) is 13.3 Å². The topological polar surface area (TPSA) is 24.9 Å². The molecule has 0 aliphatic carbocycles. The van der Waals surface area contributed by atoms with Crippen LogP contribution >= 0.6 is 15.9 Å². The van der Waals surface area contributed by atoms with Gasteiger partial charge >= 0.3 is 0 Å². The number of nitrogens with zero attached hydrogens (tertiary/aromatic N) is 1. The van der Waals surface area contributed by atoms with Gasteiger partial charge in [-0.3, -0.25) is 4.98 Å². The van der Waals surface area contributed by atoms with Crippen LogP contribution in [0.5, 0.6) is 0 Å². The Morgan fingerprint density at radius 2 is 1.94 bits per heavy atom. The molecule has 0 spiro atoms. The summed E-state index contributed by atoms with van der Waals surface area (Å²) in [4.78, 5) is 4.01. The Bertz CT molecular complexity index is 463. The van der Waals surface area contributed by atoms with Crippen molar-refractivity contribution in [1.29, 1.82) is 0 Å². The normalized spacial score (nSPS) is 10.2. The number of nitrogens with one attached hydrogen (secondary N) is 1. The highest BCUT2D eigenvalue weighted by atomic mass is 79.9. The summed E-state index contributed by atoms with van der Waals surface area (Å²) in [5.74, 6) is 0. The molecular weight excluding hydrogens is 276 g/mol. The molecule has 1 N–H and O–H groups in total. The molecule has 0 atom stereocenters. The Hall–Kier alpha value is -1.35. The molecule has 1 heterocycles. The van der Waals surface area contributed by atoms with Gasteiger partial charge < -0.3 is 5.32 Å². The number of halogens is 1. The van der Waals surface area contributed by atoms with E-state index in [2.05, 4.69) is 51.4 Å². The molecular formula is C14H15BrN2. The van der Waals surface area contributed by atoms with E-state index < -0.39 is 0 Å². The second-order valence-corrected chi connectivity index (χ2v) is 4.97. The lowest BCUT2D eigenvalue weighted by atomic mass is 10.2. The third-order valence-corrected chi connectivity index (χ3v) is 2.99. The number of hydrogen-bond acceptors (Lipinski definition) is 2. The first-order chi connectivity index (χ1) is 8.24. The summed E-state index contributed by atoms with van der Waals surface area (Å²) >= 11 is 3.50. The molecule has 0 amide bonds. The molecule has 0 saturated heterocycles. The smallest absolute Gasteiger partial charge is 0.0354 e. The van der Waals surface area contributed by atoms with E-state index in [0.717, 1.165) is 23.1 Å². The lowest BCUT2D eigenvalue weighted by Crippen LogP contribution is -2.04. The number of hydrogen-bond donors (Lipinski definition) is 1. The minimum absolute atomic E-state index is 0.930. The van der Waals surface area contributed by atoms with Gasteiger partial charge in [-0.15, -0.1) is 0 Å². The van der Waals surface area contributed by atoms with E-state index in [9.17, 15) is 0 Å². The van der Waals surface area contributed by atoms with E-state index in [1.165, 1.54) is 11.1 Å². The predicted octanol–water partition coefficient (Wildman–Crippen LogP) is 3.81. The van der Waals surface area contributed by atoms with Crippen molar-refractivity contribution in [3.8, 4) is 0 Å². The summed E-state index contributed by atoms with van der Waals surface area (Å²) in [6, 6.07) is 10.5. The standard InChI is InChI=1S/C14H15BrN2/c1-11-8-13(15)10-14(9-11)17-7-4-12-2-5-16-6-3-12/h2-3,5-6,8-10,17H,4,7H2,1H3. The van der Waals surface area contributed by atoms with Gasteiger partial charge in [0.1, 0.15) is 0 Å². The molecule has 0 bridgehead atoms. The zero-order valence-electron chi connectivity index (χ0n) is 9.78. The average molecular weight is 291 g/mol. The van der Waals surface area contributed by atoms with Gasteiger partial charge in [0.15, 0.2) is 0 Å². The number of rotatable bonds is 4. The van der Waals surface area contributed by atoms with Crippen LogP contribution in [0.2, 0.25) is 0 Å². The van der Waals surface area contributed by atoms with Gasteiger partial charge in [-0.25, -0.2) is 0 Å². The van der Waals surface area contributed by atoms with Crippen LogP contribution in [-0.4, -0.2) is 11.5 Å². The Kier molecular flexibility index (Phi) is 4.15. The van der Waals surface area contributed by atoms with Crippen molar-refractivity contribution >= 4 is 21.6 Å². The van der Waals surface area contributed by atoms with Crippen molar-refractivity contribution in [3.05, 3.63) is 58.3 Å². The van der Waals surface area contributed by atoms with E-state index in [0.29, 0.717) is 0 Å². The van der Waals surface area contributed by atoms with Crippen LogP contribution < -0.4 is 5.32 Å². The fourth-order valence-corrected chi connectivity index (χ4v) is 2.35. The number of aromatic nitrogens is 1. The highest BCUT2D eigenvalue weighted by Gasteiger charge is 1.96. The molecule has 2 aromatic rings. The molecule has 17 heavy (non-hydrogen) atoms. The largest absolute Gasteiger partial charge is 0.385 e. The number of pyridine rings is 1. The summed E-state index contributed by atoms with van der Waals surface area (Å²) in [5.41, 5.74) is 3.72. The molecule has 0 radical (unpaired) electrons. The third-order valence-electron chi connectivity index (χ3n) is 2.53. The van der Waals surface area contributed by atoms with Crippen molar-refractivity contribution in [2.75, 3.05) is 11.9 Å². The highest BCUT2D eigenvalue weighted by molar-refractivity contribution is 9.10. The molecule has 1 aromatic carbocycles. The van der Waals surface area contributed by atoms with Gasteiger partial charge in [0.2, 0.25) is 0 Å². The predicted molar refractivity (Wildman–Crippen MR) is 75.3 cm³/mol. The molecule has 2 rings (SSSR count). The van der Waals surface area contributed by atoms with Gasteiger partial charge in [0, 0.05) is 29.1 Å². The molecule has 0 aliphatic heterocycles. The summed E-state index contributed by atoms with van der Waals surface area (Å²) in [6.07, 6.45) is 4.67. The summed E-state index contributed by atoms with van der Waals surface area (Å²) in [5, 5.41) is 3.42. The van der Waals surface area contributed by atoms with E-state index in [-0.39, 0.29) is 0 Å². The van der Waals surface area contributed by atoms with Crippen molar-refractivity contribution in [1.82, 2.24) is 4.98 Å². The van der Waals surface area contributed by atoms with Crippen LogP contribution in [0, 0.1) is 6.92 Å². The molecule has 0 fully saturated rings. The van der Waals surface area contributed by atoms with Crippen LogP contribution in [0.1, 0.15) is 11.1 Å². The molecule has 2 nitrogen and oxygen atoms in total. The zero-order chi connectivity index (χ0) is 12.1. The fraction of sp³-hybridized carbons (Fsp3) is 0.214.